The zero-order valence-electron chi connectivity index (χ0n) is 12.3. The van der Waals surface area contributed by atoms with Crippen LogP contribution in [0.1, 0.15) is 15.9 Å². The monoisotopic (exact) mass is 317 g/mol. The summed E-state index contributed by atoms with van der Waals surface area (Å²) in [7, 11) is 1.44. The van der Waals surface area contributed by atoms with E-state index in [1.165, 1.54) is 54.4 Å². The molecule has 1 atom stereocenters. The zero-order chi connectivity index (χ0) is 16.6. The maximum atomic E-state index is 13.2. The number of halogens is 2. The molecule has 23 heavy (non-hydrogen) atoms. The van der Waals surface area contributed by atoms with Crippen LogP contribution < -0.4 is 4.74 Å². The number of Topliss-reactive ketones (excluding diaryl/α,β-unsaturated/α-hetero) is 1. The quantitative estimate of drug-likeness (QED) is 0.854. The molecule has 1 unspecified atom stereocenters. The van der Waals surface area contributed by atoms with E-state index >= 15 is 0 Å². The van der Waals surface area contributed by atoms with Crippen LogP contribution in [0.4, 0.5) is 13.6 Å². The number of hydrogen-bond acceptors (Lipinski definition) is 3. The first-order valence-corrected chi connectivity index (χ1v) is 6.98. The summed E-state index contributed by atoms with van der Waals surface area (Å²) >= 11 is 0. The molecule has 1 aliphatic rings. The van der Waals surface area contributed by atoms with Gasteiger partial charge in [-0.25, -0.2) is 13.6 Å². The fourth-order valence-corrected chi connectivity index (χ4v) is 2.57. The van der Waals surface area contributed by atoms with Gasteiger partial charge in [0.1, 0.15) is 23.4 Å². The van der Waals surface area contributed by atoms with Crippen LogP contribution in [0.5, 0.6) is 5.75 Å². The summed E-state index contributed by atoms with van der Waals surface area (Å²) in [6.07, 6.45) is -0.496. The Kier molecular flexibility index (Phi) is 3.82. The lowest BCUT2D eigenvalue weighted by Gasteiger charge is -2.22. The molecule has 0 radical (unpaired) electrons. The Hall–Kier alpha value is -2.76. The van der Waals surface area contributed by atoms with Crippen molar-refractivity contribution in [3.05, 3.63) is 65.2 Å². The second kappa shape index (κ2) is 5.79. The van der Waals surface area contributed by atoms with Gasteiger partial charge in [0.25, 0.3) is 0 Å². The molecule has 1 amide bonds. The largest absolute Gasteiger partial charge is 0.415 e. The lowest BCUT2D eigenvalue weighted by atomic mass is 10.1. The Morgan fingerprint density at radius 2 is 1.78 bits per heavy atom. The summed E-state index contributed by atoms with van der Waals surface area (Å²) < 4.78 is 31.2. The molecule has 1 aliphatic carbocycles. The van der Waals surface area contributed by atoms with Crippen LogP contribution in [0.15, 0.2) is 42.5 Å². The average Bonchev–Trinajstić information content (AvgIpc) is 2.85. The Balaban J connectivity index is 1.73. The second-order valence-electron chi connectivity index (χ2n) is 5.32. The highest BCUT2D eigenvalue weighted by molar-refractivity contribution is 6.05. The highest BCUT2D eigenvalue weighted by Gasteiger charge is 2.36. The van der Waals surface area contributed by atoms with Crippen molar-refractivity contribution in [2.75, 3.05) is 7.05 Å². The molecule has 4 nitrogen and oxygen atoms in total. The van der Waals surface area contributed by atoms with Crippen molar-refractivity contribution in [1.29, 1.82) is 0 Å². The van der Waals surface area contributed by atoms with Gasteiger partial charge in [0.15, 0.2) is 5.78 Å². The smallest absolute Gasteiger partial charge is 0.410 e. The Morgan fingerprint density at radius 3 is 2.48 bits per heavy atom. The molecular weight excluding hydrogens is 304 g/mol. The van der Waals surface area contributed by atoms with Crippen molar-refractivity contribution in [3.63, 3.8) is 0 Å². The molecular formula is C17H13F2NO3. The first-order chi connectivity index (χ1) is 11.0. The first kappa shape index (κ1) is 15.1. The van der Waals surface area contributed by atoms with Crippen molar-refractivity contribution in [3.8, 4) is 5.75 Å². The van der Waals surface area contributed by atoms with Crippen LogP contribution in [0.3, 0.4) is 0 Å². The number of benzene rings is 2. The summed E-state index contributed by atoms with van der Waals surface area (Å²) in [6, 6.07) is 8.18. The number of hydrogen-bond donors (Lipinski definition) is 0. The topological polar surface area (TPSA) is 46.6 Å². The van der Waals surface area contributed by atoms with E-state index in [1.54, 1.807) is 0 Å². The number of amides is 1. The van der Waals surface area contributed by atoms with Gasteiger partial charge in [-0.1, -0.05) is 0 Å². The summed E-state index contributed by atoms with van der Waals surface area (Å²) in [5.41, 5.74) is 0.985. The number of ether oxygens (including phenoxy) is 1. The summed E-state index contributed by atoms with van der Waals surface area (Å²) in [6.45, 7) is 0. The van der Waals surface area contributed by atoms with Gasteiger partial charge in [0, 0.05) is 19.0 Å². The lowest BCUT2D eigenvalue weighted by molar-refractivity contribution is 0.0859. The predicted molar refractivity (Wildman–Crippen MR) is 78.4 cm³/mol. The number of nitrogens with zero attached hydrogens (tertiary/aromatic N) is 1. The minimum Gasteiger partial charge on any atom is -0.410 e. The van der Waals surface area contributed by atoms with Crippen molar-refractivity contribution in [2.45, 2.75) is 12.5 Å². The van der Waals surface area contributed by atoms with E-state index < -0.39 is 23.8 Å². The van der Waals surface area contributed by atoms with Gasteiger partial charge in [-0.2, -0.15) is 0 Å². The zero-order valence-corrected chi connectivity index (χ0v) is 12.3. The standard InChI is InChI=1S/C17H13F2NO3/c1-20(17(22)23-13-5-2-11(18)3-6-13)15-9-10-8-12(19)4-7-14(10)16(15)21/h2-8,15H,9H2,1H3. The number of ketones is 1. The van der Waals surface area contributed by atoms with Crippen LogP contribution in [0.25, 0.3) is 0 Å². The first-order valence-electron chi connectivity index (χ1n) is 6.98. The van der Waals surface area contributed by atoms with E-state index in [4.69, 9.17) is 4.74 Å². The van der Waals surface area contributed by atoms with Gasteiger partial charge in [-0.15, -0.1) is 0 Å². The maximum Gasteiger partial charge on any atom is 0.415 e. The van der Waals surface area contributed by atoms with Gasteiger partial charge in [0.05, 0.1) is 0 Å². The molecule has 2 aromatic carbocycles. The number of rotatable bonds is 2. The fraction of sp³-hybridized carbons (Fsp3) is 0.176. The average molecular weight is 317 g/mol. The Labute approximate surface area is 131 Å². The number of carbonyl (C=O) groups excluding carboxylic acids is 2. The van der Waals surface area contributed by atoms with Crippen LogP contribution >= 0.6 is 0 Å². The van der Waals surface area contributed by atoms with Crippen molar-refractivity contribution in [2.24, 2.45) is 0 Å². The highest BCUT2D eigenvalue weighted by atomic mass is 19.1. The van der Waals surface area contributed by atoms with E-state index in [9.17, 15) is 18.4 Å². The van der Waals surface area contributed by atoms with Crippen LogP contribution in [-0.4, -0.2) is 29.9 Å². The molecule has 0 fully saturated rings. The molecule has 0 saturated carbocycles. The van der Waals surface area contributed by atoms with Crippen LogP contribution in [-0.2, 0) is 6.42 Å². The van der Waals surface area contributed by atoms with E-state index in [2.05, 4.69) is 0 Å². The lowest BCUT2D eigenvalue weighted by Crippen LogP contribution is -2.42. The van der Waals surface area contributed by atoms with E-state index in [-0.39, 0.29) is 18.0 Å². The molecule has 0 N–H and O–H groups in total. The fourth-order valence-electron chi connectivity index (χ4n) is 2.57. The molecule has 0 spiro atoms. The molecule has 0 aliphatic heterocycles. The third kappa shape index (κ3) is 2.92. The van der Waals surface area contributed by atoms with Gasteiger partial charge >= 0.3 is 6.09 Å². The summed E-state index contributed by atoms with van der Waals surface area (Å²) in [5.74, 6) is -0.939. The number of carbonyl (C=O) groups is 2. The molecule has 0 aromatic heterocycles. The molecule has 0 saturated heterocycles. The number of fused-ring (bicyclic) bond motifs is 1. The Morgan fingerprint density at radius 1 is 1.13 bits per heavy atom. The second-order valence-corrected chi connectivity index (χ2v) is 5.32. The third-order valence-electron chi connectivity index (χ3n) is 3.82. The van der Waals surface area contributed by atoms with Gasteiger partial charge in [-0.3, -0.25) is 4.79 Å². The minimum absolute atomic E-state index is 0.178. The molecule has 118 valence electrons. The molecule has 0 heterocycles. The minimum atomic E-state index is -0.736. The maximum absolute atomic E-state index is 13.2. The molecule has 3 rings (SSSR count). The summed E-state index contributed by atoms with van der Waals surface area (Å²) in [5, 5.41) is 0. The van der Waals surface area contributed by atoms with E-state index in [1.807, 2.05) is 0 Å². The Bertz CT molecular complexity index is 774. The van der Waals surface area contributed by atoms with E-state index in [0.29, 0.717) is 11.1 Å². The van der Waals surface area contributed by atoms with Crippen LogP contribution in [0.2, 0.25) is 0 Å². The third-order valence-corrected chi connectivity index (χ3v) is 3.82. The highest BCUT2D eigenvalue weighted by Crippen LogP contribution is 2.26. The van der Waals surface area contributed by atoms with Gasteiger partial charge in [-0.05, 0) is 48.0 Å². The SMILES string of the molecule is CN(C(=O)Oc1ccc(F)cc1)C1Cc2cc(F)ccc2C1=O. The van der Waals surface area contributed by atoms with Crippen molar-refractivity contribution < 1.29 is 23.1 Å². The summed E-state index contributed by atoms with van der Waals surface area (Å²) in [4.78, 5) is 25.6. The van der Waals surface area contributed by atoms with Gasteiger partial charge < -0.3 is 9.64 Å². The van der Waals surface area contributed by atoms with Gasteiger partial charge in [0.2, 0.25) is 0 Å². The molecule has 2 aromatic rings. The van der Waals surface area contributed by atoms with Crippen molar-refractivity contribution in [1.82, 2.24) is 4.90 Å². The van der Waals surface area contributed by atoms with Crippen molar-refractivity contribution >= 4 is 11.9 Å². The predicted octanol–water partition coefficient (Wildman–Crippen LogP) is 3.20. The molecule has 6 heteroatoms. The van der Waals surface area contributed by atoms with Crippen LogP contribution in [0, 0.1) is 11.6 Å². The number of likely N-dealkylation sites (N-methyl/N-ethyl adjacent to an activating group) is 1. The van der Waals surface area contributed by atoms with E-state index in [0.717, 1.165) is 0 Å². The molecule has 0 bridgehead atoms. The normalized spacial score (nSPS) is 16.1.